The number of fused-ring (bicyclic) bond motifs is 2. The minimum Gasteiger partial charge on any atom is -0.316 e. The van der Waals surface area contributed by atoms with Crippen LogP contribution in [0.4, 0.5) is 23.7 Å². The molecule has 0 spiro atoms. The van der Waals surface area contributed by atoms with E-state index in [4.69, 9.17) is 0 Å². The Hall–Kier alpha value is -4.80. The third-order valence-corrected chi connectivity index (χ3v) is 7.19. The fourth-order valence-corrected chi connectivity index (χ4v) is 5.14. The number of halogens is 3. The van der Waals surface area contributed by atoms with Crippen LogP contribution in [0.1, 0.15) is 28.7 Å². The molecule has 4 heterocycles. The molecule has 0 bridgehead atoms. The minimum absolute atomic E-state index is 0.0631. The SMILES string of the molecule is O=C(Nc1ccc(C2=NNC(=O)C(c3cccc4ncccc34)(C(F)(F)F)C2)cc1)N1Cc2ccncc2C1. The molecule has 39 heavy (non-hydrogen) atoms. The number of urea groups is 1. The first-order chi connectivity index (χ1) is 18.8. The lowest BCUT2D eigenvalue weighted by Crippen LogP contribution is -2.57. The monoisotopic (exact) mass is 530 g/mol. The number of pyridine rings is 2. The third kappa shape index (κ3) is 4.15. The Kier molecular flexibility index (Phi) is 5.78. The van der Waals surface area contributed by atoms with Crippen molar-refractivity contribution >= 4 is 34.2 Å². The van der Waals surface area contributed by atoms with Gasteiger partial charge in [-0.25, -0.2) is 10.2 Å². The number of hydrazone groups is 1. The minimum atomic E-state index is -4.92. The van der Waals surface area contributed by atoms with Gasteiger partial charge in [0.25, 0.3) is 5.91 Å². The normalized spacial score (nSPS) is 18.9. The molecule has 2 aliphatic rings. The van der Waals surface area contributed by atoms with Gasteiger partial charge in [-0.05, 0) is 52.6 Å². The Morgan fingerprint density at radius 1 is 0.974 bits per heavy atom. The number of alkyl halides is 3. The quantitative estimate of drug-likeness (QED) is 0.394. The lowest BCUT2D eigenvalue weighted by molar-refractivity contribution is -0.194. The average molecular weight is 531 g/mol. The van der Waals surface area contributed by atoms with Gasteiger partial charge < -0.3 is 10.2 Å². The van der Waals surface area contributed by atoms with Crippen LogP contribution in [0, 0.1) is 0 Å². The zero-order chi connectivity index (χ0) is 27.2. The van der Waals surface area contributed by atoms with Crippen molar-refractivity contribution in [2.45, 2.75) is 31.1 Å². The highest BCUT2D eigenvalue weighted by atomic mass is 19.4. The standard InChI is InChI=1S/C28H21F3N6O2/c29-28(30,31)27(22-4-1-5-23-21(22)3-2-11-33-23)13-24(35-36-25(27)38)17-6-8-20(9-7-17)34-26(39)37-15-18-10-12-32-14-19(18)16-37/h1-12,14H,13,15-16H2,(H,34,39)(H,36,38). The van der Waals surface area contributed by atoms with E-state index in [1.54, 1.807) is 47.6 Å². The van der Waals surface area contributed by atoms with Crippen LogP contribution in [-0.4, -0.2) is 38.7 Å². The maximum Gasteiger partial charge on any atom is 0.407 e. The van der Waals surface area contributed by atoms with Crippen LogP contribution in [0.3, 0.4) is 0 Å². The van der Waals surface area contributed by atoms with Crippen molar-refractivity contribution in [3.8, 4) is 0 Å². The summed E-state index contributed by atoms with van der Waals surface area (Å²) < 4.78 is 44.4. The van der Waals surface area contributed by atoms with E-state index in [9.17, 15) is 22.8 Å². The highest BCUT2D eigenvalue weighted by molar-refractivity contribution is 6.09. The summed E-state index contributed by atoms with van der Waals surface area (Å²) in [4.78, 5) is 35.6. The number of hydrogen-bond acceptors (Lipinski definition) is 5. The molecule has 4 aromatic rings. The lowest BCUT2D eigenvalue weighted by atomic mass is 9.71. The fourth-order valence-electron chi connectivity index (χ4n) is 5.14. The molecule has 2 N–H and O–H groups in total. The molecule has 0 radical (unpaired) electrons. The van der Waals surface area contributed by atoms with Gasteiger partial charge in [0.15, 0.2) is 5.41 Å². The summed E-state index contributed by atoms with van der Waals surface area (Å²) in [7, 11) is 0. The maximum absolute atomic E-state index is 14.8. The van der Waals surface area contributed by atoms with Crippen LogP contribution < -0.4 is 10.7 Å². The maximum atomic E-state index is 14.8. The predicted molar refractivity (Wildman–Crippen MR) is 138 cm³/mol. The van der Waals surface area contributed by atoms with Crippen molar-refractivity contribution in [2.24, 2.45) is 5.10 Å². The number of hydrogen-bond donors (Lipinski definition) is 2. The van der Waals surface area contributed by atoms with E-state index >= 15 is 0 Å². The van der Waals surface area contributed by atoms with Crippen LogP contribution in [0.2, 0.25) is 0 Å². The average Bonchev–Trinajstić information content (AvgIpc) is 3.38. The van der Waals surface area contributed by atoms with Gasteiger partial charge in [-0.15, -0.1) is 0 Å². The Morgan fingerprint density at radius 3 is 2.54 bits per heavy atom. The first-order valence-corrected chi connectivity index (χ1v) is 12.1. The molecule has 3 amide bonds. The molecule has 196 valence electrons. The van der Waals surface area contributed by atoms with Gasteiger partial charge in [-0.3, -0.25) is 14.8 Å². The van der Waals surface area contributed by atoms with E-state index in [2.05, 4.69) is 25.8 Å². The third-order valence-electron chi connectivity index (χ3n) is 7.19. The Bertz CT molecular complexity index is 1610. The van der Waals surface area contributed by atoms with Gasteiger partial charge in [-0.2, -0.15) is 18.3 Å². The number of benzene rings is 2. The summed E-state index contributed by atoms with van der Waals surface area (Å²) in [6, 6.07) is 15.3. The number of carbonyl (C=O) groups excluding carboxylic acids is 2. The van der Waals surface area contributed by atoms with Gasteiger partial charge >= 0.3 is 12.2 Å². The number of nitrogens with one attached hydrogen (secondary N) is 2. The summed E-state index contributed by atoms with van der Waals surface area (Å²) in [6.45, 7) is 0.897. The number of nitrogens with zero attached hydrogens (tertiary/aromatic N) is 4. The molecular weight excluding hydrogens is 509 g/mol. The molecule has 6 rings (SSSR count). The van der Waals surface area contributed by atoms with Crippen LogP contribution in [0.15, 0.2) is 84.4 Å². The fraction of sp³-hybridized carbons (Fsp3) is 0.179. The zero-order valence-electron chi connectivity index (χ0n) is 20.4. The van der Waals surface area contributed by atoms with Gasteiger partial charge in [0.05, 0.1) is 11.2 Å². The van der Waals surface area contributed by atoms with Gasteiger partial charge in [-0.1, -0.05) is 30.3 Å². The van der Waals surface area contributed by atoms with Crippen LogP contribution in [-0.2, 0) is 23.3 Å². The predicted octanol–water partition coefficient (Wildman–Crippen LogP) is 4.90. The summed E-state index contributed by atoms with van der Waals surface area (Å²) in [5.41, 5.74) is 2.36. The topological polar surface area (TPSA) is 99.6 Å². The Balaban J connectivity index is 1.26. The second kappa shape index (κ2) is 9.19. The molecule has 11 heteroatoms. The second-order valence-corrected chi connectivity index (χ2v) is 9.46. The summed E-state index contributed by atoms with van der Waals surface area (Å²) in [6.07, 6.45) is -0.710. The van der Waals surface area contributed by atoms with Gasteiger partial charge in [0, 0.05) is 49.2 Å². The molecule has 0 saturated carbocycles. The highest BCUT2D eigenvalue weighted by Crippen LogP contribution is 2.48. The van der Waals surface area contributed by atoms with E-state index in [1.807, 2.05) is 6.07 Å². The van der Waals surface area contributed by atoms with Crippen molar-refractivity contribution < 1.29 is 22.8 Å². The van der Waals surface area contributed by atoms with Gasteiger partial charge in [0.1, 0.15) is 0 Å². The number of amides is 3. The van der Waals surface area contributed by atoms with Crippen molar-refractivity contribution in [1.29, 1.82) is 0 Å². The van der Waals surface area contributed by atoms with Crippen molar-refractivity contribution in [3.63, 3.8) is 0 Å². The van der Waals surface area contributed by atoms with Crippen molar-refractivity contribution in [2.75, 3.05) is 5.32 Å². The first kappa shape index (κ1) is 24.5. The molecule has 2 aromatic heterocycles. The highest BCUT2D eigenvalue weighted by Gasteiger charge is 2.63. The molecular formula is C28H21F3N6O2. The van der Waals surface area contributed by atoms with Crippen LogP contribution >= 0.6 is 0 Å². The number of rotatable bonds is 3. The summed E-state index contributed by atoms with van der Waals surface area (Å²) >= 11 is 0. The zero-order valence-corrected chi connectivity index (χ0v) is 20.4. The molecule has 8 nitrogen and oxygen atoms in total. The number of carbonyl (C=O) groups is 2. The Labute approximate surface area is 220 Å². The lowest BCUT2D eigenvalue weighted by Gasteiger charge is -2.37. The molecule has 0 saturated heterocycles. The molecule has 0 fully saturated rings. The van der Waals surface area contributed by atoms with E-state index in [0.29, 0.717) is 29.9 Å². The molecule has 0 aliphatic carbocycles. The molecule has 1 atom stereocenters. The van der Waals surface area contributed by atoms with E-state index in [-0.39, 0.29) is 22.7 Å². The van der Waals surface area contributed by atoms with Crippen molar-refractivity contribution in [1.82, 2.24) is 20.3 Å². The first-order valence-electron chi connectivity index (χ1n) is 12.1. The largest absolute Gasteiger partial charge is 0.407 e. The van der Waals surface area contributed by atoms with E-state index in [1.165, 1.54) is 30.5 Å². The second-order valence-electron chi connectivity index (χ2n) is 9.46. The van der Waals surface area contributed by atoms with E-state index < -0.39 is 23.9 Å². The number of aromatic nitrogens is 2. The Morgan fingerprint density at radius 2 is 1.77 bits per heavy atom. The number of anilines is 1. The molecule has 1 unspecified atom stereocenters. The van der Waals surface area contributed by atoms with Gasteiger partial charge in [0.2, 0.25) is 0 Å². The summed E-state index contributed by atoms with van der Waals surface area (Å²) in [5.74, 6) is -1.25. The van der Waals surface area contributed by atoms with Crippen LogP contribution in [0.25, 0.3) is 10.9 Å². The molecule has 2 aromatic carbocycles. The summed E-state index contributed by atoms with van der Waals surface area (Å²) in [5, 5.41) is 7.03. The van der Waals surface area contributed by atoms with E-state index in [0.717, 1.165) is 11.1 Å². The van der Waals surface area contributed by atoms with Crippen molar-refractivity contribution in [3.05, 3.63) is 102 Å². The smallest absolute Gasteiger partial charge is 0.316 e. The molecule has 2 aliphatic heterocycles. The van der Waals surface area contributed by atoms with Crippen LogP contribution in [0.5, 0.6) is 0 Å².